The highest BCUT2D eigenvalue weighted by Crippen LogP contribution is 2.28. The number of piperazine rings is 1. The number of rotatable bonds is 3. The van der Waals surface area contributed by atoms with Gasteiger partial charge in [-0.3, -0.25) is 4.90 Å². The van der Waals surface area contributed by atoms with Crippen LogP contribution in [0.25, 0.3) is 0 Å². The van der Waals surface area contributed by atoms with Gasteiger partial charge in [-0.25, -0.2) is 4.98 Å². The average Bonchev–Trinajstić information content (AvgIpc) is 2.49. The Bertz CT molecular complexity index is 538. The van der Waals surface area contributed by atoms with Gasteiger partial charge < -0.3 is 15.8 Å². The fraction of sp³-hybridized carbons (Fsp3) is 0.571. The van der Waals surface area contributed by atoms with Crippen molar-refractivity contribution in [1.82, 2.24) is 9.88 Å². The van der Waals surface area contributed by atoms with Crippen LogP contribution in [-0.4, -0.2) is 52.6 Å². The lowest BCUT2D eigenvalue weighted by Crippen LogP contribution is -2.60. The molecule has 0 unspecified atom stereocenters. The second kappa shape index (κ2) is 6.19. The van der Waals surface area contributed by atoms with E-state index in [0.29, 0.717) is 0 Å². The largest absolute Gasteiger partial charge is 0.409 e. The predicted octanol–water partition coefficient (Wildman–Crippen LogP) is 1.80. The van der Waals surface area contributed by atoms with Crippen molar-refractivity contribution >= 4 is 27.6 Å². The molecular formula is C14H22BrN5O. The van der Waals surface area contributed by atoms with Crippen molar-refractivity contribution in [2.24, 2.45) is 10.9 Å². The van der Waals surface area contributed by atoms with Crippen LogP contribution in [0.3, 0.4) is 0 Å². The van der Waals surface area contributed by atoms with Crippen LogP contribution < -0.4 is 10.6 Å². The minimum absolute atomic E-state index is 0.241. The number of anilines is 1. The van der Waals surface area contributed by atoms with Gasteiger partial charge in [-0.15, -0.1) is 0 Å². The number of hydrogen-bond acceptors (Lipinski definition) is 5. The van der Waals surface area contributed by atoms with E-state index in [1.165, 1.54) is 5.56 Å². The van der Waals surface area contributed by atoms with Crippen LogP contribution in [0.15, 0.2) is 21.9 Å². The third-order valence-electron chi connectivity index (χ3n) is 4.17. The summed E-state index contributed by atoms with van der Waals surface area (Å²) in [5.41, 5.74) is 6.53. The minimum atomic E-state index is -0.446. The molecule has 7 heteroatoms. The van der Waals surface area contributed by atoms with Gasteiger partial charge in [-0.1, -0.05) is 5.16 Å². The van der Waals surface area contributed by atoms with E-state index in [0.717, 1.165) is 36.5 Å². The third-order valence-corrected chi connectivity index (χ3v) is 5.15. The van der Waals surface area contributed by atoms with Crippen LogP contribution in [0.5, 0.6) is 0 Å². The molecule has 0 aromatic carbocycles. The summed E-state index contributed by atoms with van der Waals surface area (Å²) in [6.07, 6.45) is 1.84. The summed E-state index contributed by atoms with van der Waals surface area (Å²) in [7, 11) is 0. The first-order valence-corrected chi connectivity index (χ1v) is 7.76. The van der Waals surface area contributed by atoms with Gasteiger partial charge >= 0.3 is 0 Å². The molecule has 3 N–H and O–H groups in total. The molecule has 2 heterocycles. The molecule has 1 aromatic heterocycles. The summed E-state index contributed by atoms with van der Waals surface area (Å²) in [6.45, 7) is 9.40. The molecule has 2 rings (SSSR count). The fourth-order valence-electron chi connectivity index (χ4n) is 2.51. The first kappa shape index (κ1) is 16.0. The molecule has 1 aliphatic rings. The van der Waals surface area contributed by atoms with Crippen molar-refractivity contribution in [3.05, 3.63) is 22.3 Å². The van der Waals surface area contributed by atoms with Gasteiger partial charge in [0.05, 0.1) is 10.0 Å². The van der Waals surface area contributed by atoms with E-state index in [9.17, 15) is 0 Å². The summed E-state index contributed by atoms with van der Waals surface area (Å²) >= 11 is 3.61. The van der Waals surface area contributed by atoms with Gasteiger partial charge in [0.1, 0.15) is 5.82 Å². The molecule has 116 valence electrons. The molecule has 1 saturated heterocycles. The first-order chi connectivity index (χ1) is 9.87. The van der Waals surface area contributed by atoms with E-state index in [-0.39, 0.29) is 5.84 Å². The lowest BCUT2D eigenvalue weighted by atomic mass is 10.0. The van der Waals surface area contributed by atoms with E-state index in [4.69, 9.17) is 10.9 Å². The van der Waals surface area contributed by atoms with Crippen molar-refractivity contribution in [2.45, 2.75) is 26.3 Å². The Balaban J connectivity index is 2.09. The van der Waals surface area contributed by atoms with Crippen molar-refractivity contribution in [2.75, 3.05) is 31.1 Å². The number of nitrogens with two attached hydrogens (primary N) is 1. The van der Waals surface area contributed by atoms with Crippen LogP contribution in [0.2, 0.25) is 0 Å². The molecule has 1 aromatic rings. The van der Waals surface area contributed by atoms with Gasteiger partial charge in [-0.2, -0.15) is 0 Å². The Kier molecular flexibility index (Phi) is 4.73. The number of aromatic nitrogens is 1. The number of aryl methyl sites for hydroxylation is 1. The highest BCUT2D eigenvalue weighted by Gasteiger charge is 2.34. The Morgan fingerprint density at radius 3 is 2.57 bits per heavy atom. The molecule has 0 saturated carbocycles. The number of amidine groups is 1. The van der Waals surface area contributed by atoms with Crippen LogP contribution in [0.1, 0.15) is 19.4 Å². The van der Waals surface area contributed by atoms with Gasteiger partial charge in [0.15, 0.2) is 5.84 Å². The van der Waals surface area contributed by atoms with Crippen LogP contribution in [-0.2, 0) is 0 Å². The molecule has 0 spiro atoms. The van der Waals surface area contributed by atoms with Gasteiger partial charge in [-0.05, 0) is 48.3 Å². The quantitative estimate of drug-likeness (QED) is 0.374. The maximum atomic E-state index is 8.91. The summed E-state index contributed by atoms with van der Waals surface area (Å²) in [6, 6.07) is 1.99. The van der Waals surface area contributed by atoms with Gasteiger partial charge in [0.2, 0.25) is 0 Å². The summed E-state index contributed by atoms with van der Waals surface area (Å²) in [4.78, 5) is 8.96. The second-order valence-electron chi connectivity index (χ2n) is 5.78. The van der Waals surface area contributed by atoms with Crippen molar-refractivity contribution in [3.8, 4) is 0 Å². The third kappa shape index (κ3) is 3.13. The SMILES string of the molecule is Cc1ccnc(N2CCN(C(C)(C)/C(N)=N/O)CC2)c1Br. The van der Waals surface area contributed by atoms with Crippen molar-refractivity contribution in [3.63, 3.8) is 0 Å². The van der Waals surface area contributed by atoms with E-state index >= 15 is 0 Å². The number of oxime groups is 1. The molecule has 6 nitrogen and oxygen atoms in total. The van der Waals surface area contributed by atoms with Gasteiger partial charge in [0.25, 0.3) is 0 Å². The monoisotopic (exact) mass is 355 g/mol. The summed E-state index contributed by atoms with van der Waals surface area (Å²) < 4.78 is 1.05. The highest BCUT2D eigenvalue weighted by molar-refractivity contribution is 9.10. The van der Waals surface area contributed by atoms with E-state index < -0.39 is 5.54 Å². The lowest BCUT2D eigenvalue weighted by molar-refractivity contribution is 0.161. The first-order valence-electron chi connectivity index (χ1n) is 6.97. The summed E-state index contributed by atoms with van der Waals surface area (Å²) in [5, 5.41) is 12.1. The zero-order valence-corrected chi connectivity index (χ0v) is 14.3. The lowest BCUT2D eigenvalue weighted by Gasteiger charge is -2.43. The van der Waals surface area contributed by atoms with E-state index in [2.05, 4.69) is 42.8 Å². The Hall–Kier alpha value is -1.34. The second-order valence-corrected chi connectivity index (χ2v) is 6.58. The molecule has 0 radical (unpaired) electrons. The van der Waals surface area contributed by atoms with Crippen LogP contribution in [0.4, 0.5) is 5.82 Å². The normalized spacial score (nSPS) is 18.1. The van der Waals surface area contributed by atoms with Crippen LogP contribution in [0, 0.1) is 6.92 Å². The molecule has 1 fully saturated rings. The number of nitrogens with zero attached hydrogens (tertiary/aromatic N) is 4. The van der Waals surface area contributed by atoms with E-state index in [1.54, 1.807) is 0 Å². The number of halogens is 1. The molecule has 0 amide bonds. The molecule has 0 aliphatic carbocycles. The molecule has 0 atom stereocenters. The molecule has 0 bridgehead atoms. The van der Waals surface area contributed by atoms with Crippen molar-refractivity contribution in [1.29, 1.82) is 0 Å². The zero-order valence-electron chi connectivity index (χ0n) is 12.7. The molecule has 1 aliphatic heterocycles. The highest BCUT2D eigenvalue weighted by atomic mass is 79.9. The Morgan fingerprint density at radius 1 is 1.38 bits per heavy atom. The number of hydrogen-bond donors (Lipinski definition) is 2. The Labute approximate surface area is 133 Å². The topological polar surface area (TPSA) is 78.0 Å². The fourth-order valence-corrected chi connectivity index (χ4v) is 2.99. The smallest absolute Gasteiger partial charge is 0.159 e. The van der Waals surface area contributed by atoms with Gasteiger partial charge in [0, 0.05) is 32.4 Å². The van der Waals surface area contributed by atoms with Crippen molar-refractivity contribution < 1.29 is 5.21 Å². The standard InChI is InChI=1S/C14H22BrN5O/c1-10-4-5-17-12(11(10)15)19-6-8-20(9-7-19)14(2,3)13(16)18-21/h4-5,21H,6-9H2,1-3H3,(H2,16,18). The predicted molar refractivity (Wildman–Crippen MR) is 87.9 cm³/mol. The maximum Gasteiger partial charge on any atom is 0.159 e. The maximum absolute atomic E-state index is 8.91. The van der Waals surface area contributed by atoms with Crippen LogP contribution >= 0.6 is 15.9 Å². The minimum Gasteiger partial charge on any atom is -0.409 e. The number of pyridine rings is 1. The molecular weight excluding hydrogens is 334 g/mol. The average molecular weight is 356 g/mol. The Morgan fingerprint density at radius 2 is 2.00 bits per heavy atom. The van der Waals surface area contributed by atoms with E-state index in [1.807, 2.05) is 26.1 Å². The summed E-state index contributed by atoms with van der Waals surface area (Å²) in [5.74, 6) is 1.22. The zero-order chi connectivity index (χ0) is 15.6. The molecule has 21 heavy (non-hydrogen) atoms.